The lowest BCUT2D eigenvalue weighted by Crippen LogP contribution is -2.25. The van der Waals surface area contributed by atoms with Crippen molar-refractivity contribution in [3.8, 4) is 6.07 Å². The van der Waals surface area contributed by atoms with Crippen molar-refractivity contribution in [2.75, 3.05) is 0 Å². The molecule has 0 fully saturated rings. The van der Waals surface area contributed by atoms with Gasteiger partial charge >= 0.3 is 0 Å². The number of nitrogens with zero attached hydrogens (tertiary/aromatic N) is 3. The molecular formula is C15H14BrN3. The lowest BCUT2D eigenvalue weighted by molar-refractivity contribution is 0.376. The highest BCUT2D eigenvalue weighted by Crippen LogP contribution is 2.37. The van der Waals surface area contributed by atoms with Gasteiger partial charge in [0.1, 0.15) is 0 Å². The molecule has 19 heavy (non-hydrogen) atoms. The van der Waals surface area contributed by atoms with Crippen LogP contribution in [0.1, 0.15) is 30.2 Å². The van der Waals surface area contributed by atoms with E-state index in [1.807, 2.05) is 6.92 Å². The molecule has 2 aromatic rings. The van der Waals surface area contributed by atoms with Crippen LogP contribution in [0.2, 0.25) is 0 Å². The van der Waals surface area contributed by atoms with Crippen LogP contribution in [0.4, 0.5) is 0 Å². The van der Waals surface area contributed by atoms with E-state index in [4.69, 9.17) is 0 Å². The van der Waals surface area contributed by atoms with E-state index >= 15 is 0 Å². The van der Waals surface area contributed by atoms with Gasteiger partial charge in [-0.25, -0.2) is 9.97 Å². The fraction of sp³-hybridized carbons (Fsp3) is 0.400. The fourth-order valence-corrected chi connectivity index (χ4v) is 3.11. The van der Waals surface area contributed by atoms with Crippen molar-refractivity contribution in [2.24, 2.45) is 5.41 Å². The average molecular weight is 316 g/mol. The van der Waals surface area contributed by atoms with Gasteiger partial charge in [-0.05, 0) is 66.2 Å². The second-order valence-corrected chi connectivity index (χ2v) is 6.45. The molecule has 3 nitrogen and oxygen atoms in total. The molecule has 0 radical (unpaired) electrons. The lowest BCUT2D eigenvalue weighted by Gasteiger charge is -2.29. The molecule has 4 heteroatoms. The van der Waals surface area contributed by atoms with Crippen molar-refractivity contribution in [3.05, 3.63) is 33.6 Å². The minimum Gasteiger partial charge on any atom is -0.235 e. The molecule has 0 aliphatic heterocycles. The van der Waals surface area contributed by atoms with Gasteiger partial charge in [-0.3, -0.25) is 0 Å². The van der Waals surface area contributed by atoms with Crippen LogP contribution in [0.15, 0.2) is 16.7 Å². The van der Waals surface area contributed by atoms with Crippen LogP contribution < -0.4 is 0 Å². The van der Waals surface area contributed by atoms with Crippen LogP contribution in [0.5, 0.6) is 0 Å². The third-order valence-electron chi connectivity index (χ3n) is 4.03. The van der Waals surface area contributed by atoms with E-state index in [1.165, 1.54) is 11.1 Å². The van der Waals surface area contributed by atoms with Gasteiger partial charge in [-0.2, -0.15) is 5.26 Å². The summed E-state index contributed by atoms with van der Waals surface area (Å²) in [6.45, 7) is 4.15. The van der Waals surface area contributed by atoms with Gasteiger partial charge in [0.2, 0.25) is 0 Å². The number of hydrogen-bond donors (Lipinski definition) is 0. The number of rotatable bonds is 0. The Morgan fingerprint density at radius 3 is 3.00 bits per heavy atom. The molecule has 1 aliphatic carbocycles. The number of aromatic nitrogens is 2. The molecule has 0 saturated carbocycles. The van der Waals surface area contributed by atoms with Gasteiger partial charge in [0.25, 0.3) is 0 Å². The fourth-order valence-electron chi connectivity index (χ4n) is 2.78. The summed E-state index contributed by atoms with van der Waals surface area (Å²) in [6, 6.07) is 4.51. The van der Waals surface area contributed by atoms with E-state index in [-0.39, 0.29) is 5.41 Å². The highest BCUT2D eigenvalue weighted by molar-refractivity contribution is 9.10. The van der Waals surface area contributed by atoms with Crippen LogP contribution in [0.3, 0.4) is 0 Å². The summed E-state index contributed by atoms with van der Waals surface area (Å²) in [5, 5.41) is 10.4. The summed E-state index contributed by atoms with van der Waals surface area (Å²) in [6.07, 6.45) is 4.32. The Morgan fingerprint density at radius 2 is 2.26 bits per heavy atom. The van der Waals surface area contributed by atoms with E-state index in [0.717, 1.165) is 40.5 Å². The van der Waals surface area contributed by atoms with Crippen molar-refractivity contribution < 1.29 is 0 Å². The van der Waals surface area contributed by atoms with Crippen LogP contribution in [-0.4, -0.2) is 9.97 Å². The first-order valence-electron chi connectivity index (χ1n) is 6.37. The Labute approximate surface area is 120 Å². The van der Waals surface area contributed by atoms with Gasteiger partial charge in [0.15, 0.2) is 5.65 Å². The molecule has 2 aromatic heterocycles. The zero-order valence-corrected chi connectivity index (χ0v) is 12.6. The third kappa shape index (κ3) is 2.02. The van der Waals surface area contributed by atoms with Gasteiger partial charge in [0, 0.05) is 21.7 Å². The highest BCUT2D eigenvalue weighted by atomic mass is 79.9. The number of pyridine rings is 2. The van der Waals surface area contributed by atoms with Crippen LogP contribution in [0, 0.1) is 23.7 Å². The predicted octanol–water partition coefficient (Wildman–Crippen LogP) is 3.72. The maximum absolute atomic E-state index is 9.33. The first kappa shape index (κ1) is 12.6. The van der Waals surface area contributed by atoms with E-state index < -0.39 is 0 Å². The highest BCUT2D eigenvalue weighted by Gasteiger charge is 2.32. The molecule has 0 amide bonds. The van der Waals surface area contributed by atoms with Crippen molar-refractivity contribution in [1.29, 1.82) is 5.26 Å². The van der Waals surface area contributed by atoms with Gasteiger partial charge < -0.3 is 0 Å². The summed E-state index contributed by atoms with van der Waals surface area (Å²) in [4.78, 5) is 9.06. The van der Waals surface area contributed by atoms with Crippen LogP contribution in [0.25, 0.3) is 11.0 Å². The van der Waals surface area contributed by atoms with Gasteiger partial charge in [-0.1, -0.05) is 0 Å². The number of aryl methyl sites for hydroxylation is 2. The Morgan fingerprint density at radius 1 is 1.47 bits per heavy atom. The first-order chi connectivity index (χ1) is 9.02. The Balaban J connectivity index is 2.25. The molecule has 3 rings (SSSR count). The number of hydrogen-bond acceptors (Lipinski definition) is 3. The summed E-state index contributed by atoms with van der Waals surface area (Å²) in [7, 11) is 0. The number of halogens is 1. The maximum Gasteiger partial charge on any atom is 0.159 e. The number of nitriles is 1. The summed E-state index contributed by atoms with van der Waals surface area (Å²) in [5.41, 5.74) is 4.12. The third-order valence-corrected chi connectivity index (χ3v) is 4.46. The van der Waals surface area contributed by atoms with Gasteiger partial charge in [0.05, 0.1) is 11.5 Å². The summed E-state index contributed by atoms with van der Waals surface area (Å²) in [5.74, 6) is 0. The largest absolute Gasteiger partial charge is 0.235 e. The van der Waals surface area contributed by atoms with Crippen molar-refractivity contribution in [3.63, 3.8) is 0 Å². The Hall–Kier alpha value is -1.47. The Bertz CT molecular complexity index is 717. The van der Waals surface area contributed by atoms with Crippen molar-refractivity contribution in [1.82, 2.24) is 9.97 Å². The molecule has 0 N–H and O–H groups in total. The minimum absolute atomic E-state index is 0.257. The van der Waals surface area contributed by atoms with Crippen molar-refractivity contribution in [2.45, 2.75) is 33.1 Å². The smallest absolute Gasteiger partial charge is 0.159 e. The second-order valence-electron chi connectivity index (χ2n) is 5.54. The zero-order valence-electron chi connectivity index (χ0n) is 11.0. The molecule has 2 heterocycles. The molecule has 1 unspecified atom stereocenters. The molecule has 1 aliphatic rings. The van der Waals surface area contributed by atoms with Crippen LogP contribution in [-0.2, 0) is 12.8 Å². The minimum atomic E-state index is -0.257. The zero-order chi connectivity index (χ0) is 13.6. The molecular weight excluding hydrogens is 302 g/mol. The van der Waals surface area contributed by atoms with Crippen LogP contribution >= 0.6 is 15.9 Å². The second kappa shape index (κ2) is 4.28. The van der Waals surface area contributed by atoms with E-state index in [0.29, 0.717) is 0 Å². The molecule has 0 spiro atoms. The monoisotopic (exact) mass is 315 g/mol. The predicted molar refractivity (Wildman–Crippen MR) is 77.7 cm³/mol. The standard InChI is InChI=1S/C15H14BrN3/c1-9-11-5-10(16)7-18-14(11)19-13-3-4-15(2,8-17)6-12(9)13/h5,7H,3-4,6H2,1-2H3. The average Bonchev–Trinajstić information content (AvgIpc) is 2.41. The molecule has 0 aromatic carbocycles. The normalized spacial score (nSPS) is 22.0. The van der Waals surface area contributed by atoms with E-state index in [9.17, 15) is 5.26 Å². The van der Waals surface area contributed by atoms with Crippen molar-refractivity contribution >= 4 is 27.0 Å². The SMILES string of the molecule is Cc1c2c(nc3ncc(Br)cc13)CCC(C)(C#N)C2. The topological polar surface area (TPSA) is 49.6 Å². The molecule has 0 saturated heterocycles. The molecule has 96 valence electrons. The molecule has 0 bridgehead atoms. The van der Waals surface area contributed by atoms with E-state index in [1.54, 1.807) is 6.20 Å². The summed E-state index contributed by atoms with van der Waals surface area (Å²) >= 11 is 3.46. The quantitative estimate of drug-likeness (QED) is 0.744. The lowest BCUT2D eigenvalue weighted by atomic mass is 9.74. The Kier molecular flexibility index (Phi) is 2.83. The van der Waals surface area contributed by atoms with Gasteiger partial charge in [-0.15, -0.1) is 0 Å². The van der Waals surface area contributed by atoms with E-state index in [2.05, 4.69) is 45.0 Å². The molecule has 1 atom stereocenters. The summed E-state index contributed by atoms with van der Waals surface area (Å²) < 4.78 is 0.962. The first-order valence-corrected chi connectivity index (χ1v) is 7.16. The number of fused-ring (bicyclic) bond motifs is 2. The maximum atomic E-state index is 9.33.